The number of aromatic nitrogens is 1. The van der Waals surface area contributed by atoms with E-state index < -0.39 is 36.6 Å². The molecule has 96 valence electrons. The number of ether oxygens (including phenoxy) is 1. The molecule has 0 aromatic carbocycles. The molecule has 1 rings (SSSR count). The van der Waals surface area contributed by atoms with Gasteiger partial charge in [-0.1, -0.05) is 0 Å². The van der Waals surface area contributed by atoms with Crippen molar-refractivity contribution in [1.82, 2.24) is 4.98 Å². The molecule has 1 aromatic heterocycles. The SMILES string of the molecule is O=S(=O)(Cl)c1nc(Br)c(F)cc1OC(F)(F)F. The van der Waals surface area contributed by atoms with Crippen LogP contribution in [0.5, 0.6) is 5.75 Å². The number of nitrogens with zero attached hydrogens (tertiary/aromatic N) is 1. The van der Waals surface area contributed by atoms with Crippen LogP contribution in [-0.4, -0.2) is 19.8 Å². The predicted molar refractivity (Wildman–Crippen MR) is 51.6 cm³/mol. The van der Waals surface area contributed by atoms with Gasteiger partial charge in [-0.2, -0.15) is 0 Å². The number of alkyl halides is 3. The Hall–Kier alpha value is -0.610. The first kappa shape index (κ1) is 14.5. The van der Waals surface area contributed by atoms with Gasteiger partial charge in [0.25, 0.3) is 9.05 Å². The second-order valence-electron chi connectivity index (χ2n) is 2.55. The molecule has 0 amide bonds. The molecular formula is C6HBrClF4NO3S. The lowest BCUT2D eigenvalue weighted by molar-refractivity contribution is -0.275. The molecule has 0 fully saturated rings. The van der Waals surface area contributed by atoms with Crippen LogP contribution in [0.3, 0.4) is 0 Å². The highest BCUT2D eigenvalue weighted by molar-refractivity contribution is 9.10. The van der Waals surface area contributed by atoms with Crippen LogP contribution in [0.1, 0.15) is 0 Å². The van der Waals surface area contributed by atoms with Gasteiger partial charge in [-0.25, -0.2) is 17.8 Å². The van der Waals surface area contributed by atoms with Gasteiger partial charge in [0.2, 0.25) is 5.03 Å². The van der Waals surface area contributed by atoms with Crippen molar-refractivity contribution in [3.63, 3.8) is 0 Å². The van der Waals surface area contributed by atoms with Gasteiger partial charge in [-0.3, -0.25) is 0 Å². The van der Waals surface area contributed by atoms with Gasteiger partial charge in [0.1, 0.15) is 4.60 Å². The molecule has 11 heteroatoms. The van der Waals surface area contributed by atoms with E-state index in [1.54, 1.807) is 0 Å². The molecule has 0 radical (unpaired) electrons. The second kappa shape index (κ2) is 4.58. The minimum Gasteiger partial charge on any atom is -0.403 e. The van der Waals surface area contributed by atoms with Crippen molar-refractivity contribution >= 4 is 35.7 Å². The van der Waals surface area contributed by atoms with E-state index in [2.05, 4.69) is 25.7 Å². The van der Waals surface area contributed by atoms with Crippen LogP contribution in [0.2, 0.25) is 0 Å². The Labute approximate surface area is 105 Å². The average molecular weight is 358 g/mol. The van der Waals surface area contributed by atoms with E-state index in [0.717, 1.165) is 0 Å². The molecule has 1 aromatic rings. The van der Waals surface area contributed by atoms with Gasteiger partial charge in [-0.05, 0) is 15.9 Å². The largest absolute Gasteiger partial charge is 0.573 e. The second-order valence-corrected chi connectivity index (χ2v) is 5.78. The molecule has 0 atom stereocenters. The number of pyridine rings is 1. The molecule has 0 saturated heterocycles. The fourth-order valence-corrected chi connectivity index (χ4v) is 2.09. The summed E-state index contributed by atoms with van der Waals surface area (Å²) in [6.07, 6.45) is -5.20. The Morgan fingerprint density at radius 1 is 1.41 bits per heavy atom. The van der Waals surface area contributed by atoms with Crippen molar-refractivity contribution in [3.05, 3.63) is 16.5 Å². The molecule has 0 N–H and O–H groups in total. The van der Waals surface area contributed by atoms with Crippen LogP contribution in [0.15, 0.2) is 15.7 Å². The van der Waals surface area contributed by atoms with E-state index in [1.807, 2.05) is 0 Å². The maximum absolute atomic E-state index is 12.9. The van der Waals surface area contributed by atoms with E-state index in [1.165, 1.54) is 0 Å². The normalized spacial score (nSPS) is 12.6. The molecule has 0 unspecified atom stereocenters. The van der Waals surface area contributed by atoms with Crippen LogP contribution < -0.4 is 4.74 Å². The zero-order chi connectivity index (χ0) is 13.4. The molecule has 0 spiro atoms. The van der Waals surface area contributed by atoms with Crippen molar-refractivity contribution in [1.29, 1.82) is 0 Å². The lowest BCUT2D eigenvalue weighted by Crippen LogP contribution is -2.19. The Kier molecular flexibility index (Phi) is 3.89. The van der Waals surface area contributed by atoms with Crippen LogP contribution in [0, 0.1) is 5.82 Å². The molecule has 0 aliphatic heterocycles. The van der Waals surface area contributed by atoms with Crippen molar-refractivity contribution in [2.75, 3.05) is 0 Å². The highest BCUT2D eigenvalue weighted by Crippen LogP contribution is 2.32. The lowest BCUT2D eigenvalue weighted by atomic mass is 10.4. The smallest absolute Gasteiger partial charge is 0.403 e. The minimum atomic E-state index is -5.20. The molecule has 0 bridgehead atoms. The molecule has 1 heterocycles. The number of halogens is 6. The fourth-order valence-electron chi connectivity index (χ4n) is 0.807. The molecule has 0 aliphatic rings. The monoisotopic (exact) mass is 357 g/mol. The van der Waals surface area contributed by atoms with Crippen molar-refractivity contribution in [2.24, 2.45) is 0 Å². The van der Waals surface area contributed by atoms with Crippen molar-refractivity contribution < 1.29 is 30.7 Å². The van der Waals surface area contributed by atoms with Crippen molar-refractivity contribution in [3.8, 4) is 5.75 Å². The summed E-state index contributed by atoms with van der Waals surface area (Å²) in [7, 11) is 0.230. The van der Waals surface area contributed by atoms with Gasteiger partial charge >= 0.3 is 6.36 Å². The Morgan fingerprint density at radius 3 is 2.35 bits per heavy atom. The lowest BCUT2D eigenvalue weighted by Gasteiger charge is -2.11. The Bertz CT molecular complexity index is 547. The van der Waals surface area contributed by atoms with E-state index in [-0.39, 0.29) is 6.07 Å². The van der Waals surface area contributed by atoms with Gasteiger partial charge < -0.3 is 4.74 Å². The molecule has 0 saturated carbocycles. The van der Waals surface area contributed by atoms with Gasteiger partial charge in [0.15, 0.2) is 11.6 Å². The summed E-state index contributed by atoms with van der Waals surface area (Å²) in [6.45, 7) is 0. The van der Waals surface area contributed by atoms with Gasteiger partial charge in [-0.15, -0.1) is 13.2 Å². The summed E-state index contributed by atoms with van der Waals surface area (Å²) in [5.74, 6) is -2.57. The summed E-state index contributed by atoms with van der Waals surface area (Å²) in [5, 5.41) is -1.23. The van der Waals surface area contributed by atoms with E-state index in [9.17, 15) is 26.0 Å². The molecule has 17 heavy (non-hydrogen) atoms. The topological polar surface area (TPSA) is 56.3 Å². The number of hydrogen-bond donors (Lipinski definition) is 0. The maximum atomic E-state index is 12.9. The van der Waals surface area contributed by atoms with Gasteiger partial charge in [0.05, 0.1) is 0 Å². The first-order valence-electron chi connectivity index (χ1n) is 3.57. The third-order valence-electron chi connectivity index (χ3n) is 1.32. The summed E-state index contributed by atoms with van der Waals surface area (Å²) in [4.78, 5) is 3.02. The van der Waals surface area contributed by atoms with Crippen molar-refractivity contribution in [2.45, 2.75) is 11.4 Å². The van der Waals surface area contributed by atoms with Crippen LogP contribution in [0.4, 0.5) is 17.6 Å². The number of rotatable bonds is 2. The minimum absolute atomic E-state index is 0.208. The van der Waals surface area contributed by atoms with Crippen LogP contribution in [0.25, 0.3) is 0 Å². The number of hydrogen-bond acceptors (Lipinski definition) is 4. The summed E-state index contributed by atoms with van der Waals surface area (Å²) in [6, 6.07) is 0.208. The summed E-state index contributed by atoms with van der Waals surface area (Å²) < 4.78 is 73.2. The third kappa shape index (κ3) is 3.96. The van der Waals surface area contributed by atoms with E-state index >= 15 is 0 Å². The van der Waals surface area contributed by atoms with E-state index in [4.69, 9.17) is 10.7 Å². The highest BCUT2D eigenvalue weighted by Gasteiger charge is 2.35. The highest BCUT2D eigenvalue weighted by atomic mass is 79.9. The predicted octanol–water partition coefficient (Wildman–Crippen LogP) is 2.81. The van der Waals surface area contributed by atoms with E-state index in [0.29, 0.717) is 0 Å². The molecule has 0 aliphatic carbocycles. The standard InChI is InChI=1S/C6HBrClF4NO3S/c7-4-2(9)1-3(16-6(10,11)12)5(13-4)17(8,14)15/h1H. The molecule has 4 nitrogen and oxygen atoms in total. The molecular weight excluding hydrogens is 357 g/mol. The van der Waals surface area contributed by atoms with Crippen LogP contribution in [-0.2, 0) is 9.05 Å². The Balaban J connectivity index is 3.42. The maximum Gasteiger partial charge on any atom is 0.573 e. The quantitative estimate of drug-likeness (QED) is 0.463. The fraction of sp³-hybridized carbons (Fsp3) is 0.167. The Morgan fingerprint density at radius 2 is 1.94 bits per heavy atom. The van der Waals surface area contributed by atoms with Crippen LogP contribution >= 0.6 is 26.6 Å². The van der Waals surface area contributed by atoms with Gasteiger partial charge in [0, 0.05) is 16.7 Å². The average Bonchev–Trinajstić information content (AvgIpc) is 2.06. The summed E-state index contributed by atoms with van der Waals surface area (Å²) in [5.41, 5.74) is 0. The first-order chi connectivity index (χ1) is 7.50. The third-order valence-corrected chi connectivity index (χ3v) is 3.07. The zero-order valence-electron chi connectivity index (χ0n) is 7.43. The summed E-state index contributed by atoms with van der Waals surface area (Å²) >= 11 is 2.51. The zero-order valence-corrected chi connectivity index (χ0v) is 10.6. The first-order valence-corrected chi connectivity index (χ1v) is 6.67.